The minimum absolute atomic E-state index is 0.165. The molecule has 0 bridgehead atoms. The second-order valence-electron chi connectivity index (χ2n) is 5.36. The van der Waals surface area contributed by atoms with E-state index in [0.29, 0.717) is 18.4 Å². The maximum atomic E-state index is 12.0. The molecular formula is C15H19NO3S. The maximum absolute atomic E-state index is 12.0. The number of aryl methyl sites for hydroxylation is 2. The Bertz CT molecular complexity index is 619. The lowest BCUT2D eigenvalue weighted by Gasteiger charge is -2.11. The van der Waals surface area contributed by atoms with E-state index in [-0.39, 0.29) is 11.7 Å². The molecule has 1 aliphatic carbocycles. The fourth-order valence-electron chi connectivity index (χ4n) is 2.48. The van der Waals surface area contributed by atoms with Gasteiger partial charge in [-0.2, -0.15) is 0 Å². The third-order valence-corrected chi connectivity index (χ3v) is 4.50. The monoisotopic (exact) mass is 293 g/mol. The predicted octanol–water partition coefficient (Wildman–Crippen LogP) is 2.22. The standard InChI is InChI=1S/C15H19NO3S/c1-11-7-12(2)9-13(8-11)10-20(18,19)16-15(17)14-5-3-4-6-14/h3-4,7-9,14H,5-6,10H2,1-2H3,(H,16,17). The molecule has 0 heterocycles. The van der Waals surface area contributed by atoms with Crippen LogP contribution in [0.1, 0.15) is 29.5 Å². The zero-order valence-electron chi connectivity index (χ0n) is 11.7. The zero-order valence-corrected chi connectivity index (χ0v) is 12.5. The number of carbonyl (C=O) groups is 1. The molecule has 1 aromatic rings. The highest BCUT2D eigenvalue weighted by atomic mass is 32.2. The van der Waals surface area contributed by atoms with Crippen LogP contribution in [0, 0.1) is 19.8 Å². The summed E-state index contributed by atoms with van der Waals surface area (Å²) >= 11 is 0. The van der Waals surface area contributed by atoms with Crippen molar-refractivity contribution in [2.24, 2.45) is 5.92 Å². The quantitative estimate of drug-likeness (QED) is 0.866. The summed E-state index contributed by atoms with van der Waals surface area (Å²) in [6.45, 7) is 3.85. The number of carbonyl (C=O) groups excluding carboxylic acids is 1. The molecule has 4 nitrogen and oxygen atoms in total. The van der Waals surface area contributed by atoms with Gasteiger partial charge in [0.15, 0.2) is 0 Å². The van der Waals surface area contributed by atoms with Crippen LogP contribution in [0.5, 0.6) is 0 Å². The second kappa shape index (κ2) is 5.79. The van der Waals surface area contributed by atoms with Crippen molar-refractivity contribution in [3.63, 3.8) is 0 Å². The van der Waals surface area contributed by atoms with Crippen molar-refractivity contribution in [2.45, 2.75) is 32.4 Å². The van der Waals surface area contributed by atoms with Gasteiger partial charge < -0.3 is 0 Å². The second-order valence-corrected chi connectivity index (χ2v) is 7.08. The van der Waals surface area contributed by atoms with E-state index >= 15 is 0 Å². The molecule has 0 aliphatic heterocycles. The lowest BCUT2D eigenvalue weighted by Crippen LogP contribution is -2.35. The molecular weight excluding hydrogens is 274 g/mol. The van der Waals surface area contributed by atoms with Crippen molar-refractivity contribution in [2.75, 3.05) is 0 Å². The van der Waals surface area contributed by atoms with Gasteiger partial charge in [-0.1, -0.05) is 41.5 Å². The van der Waals surface area contributed by atoms with Crippen LogP contribution in [0.15, 0.2) is 30.4 Å². The van der Waals surface area contributed by atoms with Crippen molar-refractivity contribution in [1.82, 2.24) is 4.72 Å². The highest BCUT2D eigenvalue weighted by molar-refractivity contribution is 7.89. The van der Waals surface area contributed by atoms with E-state index in [1.807, 2.05) is 44.2 Å². The van der Waals surface area contributed by atoms with Gasteiger partial charge in [0.1, 0.15) is 0 Å². The number of allylic oxidation sites excluding steroid dienone is 2. The largest absolute Gasteiger partial charge is 0.274 e. The van der Waals surface area contributed by atoms with Gasteiger partial charge in [-0.15, -0.1) is 0 Å². The number of sulfonamides is 1. The molecule has 0 unspecified atom stereocenters. The molecule has 20 heavy (non-hydrogen) atoms. The topological polar surface area (TPSA) is 63.2 Å². The molecule has 1 aromatic carbocycles. The van der Waals surface area contributed by atoms with Crippen LogP contribution in [0.4, 0.5) is 0 Å². The van der Waals surface area contributed by atoms with Gasteiger partial charge in [0.25, 0.3) is 0 Å². The summed E-state index contributed by atoms with van der Waals surface area (Å²) in [6, 6.07) is 5.64. The highest BCUT2D eigenvalue weighted by Gasteiger charge is 2.24. The molecule has 1 N–H and O–H groups in total. The van der Waals surface area contributed by atoms with Crippen LogP contribution in [0.25, 0.3) is 0 Å². The normalized spacial score (nSPS) is 15.5. The van der Waals surface area contributed by atoms with Gasteiger partial charge >= 0.3 is 0 Å². The molecule has 0 fully saturated rings. The summed E-state index contributed by atoms with van der Waals surface area (Å²) in [6.07, 6.45) is 5.04. The third-order valence-electron chi connectivity index (χ3n) is 3.27. The Kier molecular flexibility index (Phi) is 4.28. The van der Waals surface area contributed by atoms with E-state index < -0.39 is 15.9 Å². The molecule has 0 saturated carbocycles. The number of hydrogen-bond donors (Lipinski definition) is 1. The van der Waals surface area contributed by atoms with Crippen LogP contribution >= 0.6 is 0 Å². The van der Waals surface area contributed by atoms with E-state index in [4.69, 9.17) is 0 Å². The lowest BCUT2D eigenvalue weighted by molar-refractivity contribution is -0.122. The van der Waals surface area contributed by atoms with Crippen LogP contribution in [-0.4, -0.2) is 14.3 Å². The van der Waals surface area contributed by atoms with Crippen LogP contribution < -0.4 is 4.72 Å². The lowest BCUT2D eigenvalue weighted by atomic mass is 10.1. The van der Waals surface area contributed by atoms with Crippen molar-refractivity contribution < 1.29 is 13.2 Å². The number of benzene rings is 1. The molecule has 2 rings (SSSR count). The fourth-order valence-corrected chi connectivity index (χ4v) is 3.63. The molecule has 0 aromatic heterocycles. The zero-order chi connectivity index (χ0) is 14.8. The summed E-state index contributed by atoms with van der Waals surface area (Å²) < 4.78 is 26.3. The minimum Gasteiger partial charge on any atom is -0.274 e. The first-order valence-corrected chi connectivity index (χ1v) is 8.27. The SMILES string of the molecule is Cc1cc(C)cc(CS(=O)(=O)NC(=O)C2CC=CC2)c1. The predicted molar refractivity (Wildman–Crippen MR) is 78.5 cm³/mol. The molecule has 5 heteroatoms. The van der Waals surface area contributed by atoms with Gasteiger partial charge in [0, 0.05) is 5.92 Å². The van der Waals surface area contributed by atoms with Crippen molar-refractivity contribution >= 4 is 15.9 Å². The molecule has 0 spiro atoms. The first kappa shape index (κ1) is 14.8. The Balaban J connectivity index is 2.05. The fraction of sp³-hybridized carbons (Fsp3) is 0.400. The first-order valence-electron chi connectivity index (χ1n) is 6.62. The van der Waals surface area contributed by atoms with Crippen LogP contribution in [0.3, 0.4) is 0 Å². The van der Waals surface area contributed by atoms with E-state index in [0.717, 1.165) is 11.1 Å². The summed E-state index contributed by atoms with van der Waals surface area (Å²) in [7, 11) is -3.63. The highest BCUT2D eigenvalue weighted by Crippen LogP contribution is 2.18. The number of hydrogen-bond acceptors (Lipinski definition) is 3. The smallest absolute Gasteiger partial charge is 0.239 e. The van der Waals surface area contributed by atoms with Crippen LogP contribution in [-0.2, 0) is 20.6 Å². The van der Waals surface area contributed by atoms with Crippen molar-refractivity contribution in [1.29, 1.82) is 0 Å². The van der Waals surface area contributed by atoms with E-state index in [1.54, 1.807) is 0 Å². The Morgan fingerprint density at radius 3 is 2.25 bits per heavy atom. The Hall–Kier alpha value is -1.62. The summed E-state index contributed by atoms with van der Waals surface area (Å²) in [4.78, 5) is 11.9. The molecule has 0 saturated heterocycles. The summed E-state index contributed by atoms with van der Waals surface area (Å²) in [5.41, 5.74) is 2.73. The maximum Gasteiger partial charge on any atom is 0.239 e. The average Bonchev–Trinajstić information content (AvgIpc) is 2.78. The molecule has 1 aliphatic rings. The summed E-state index contributed by atoms with van der Waals surface area (Å²) in [5, 5.41) is 0. The minimum atomic E-state index is -3.63. The number of amides is 1. The average molecular weight is 293 g/mol. The van der Waals surface area contributed by atoms with Gasteiger partial charge in [-0.25, -0.2) is 8.42 Å². The molecule has 1 amide bonds. The Morgan fingerprint density at radius 2 is 1.70 bits per heavy atom. The van der Waals surface area contributed by atoms with Gasteiger partial charge in [-0.3, -0.25) is 9.52 Å². The molecule has 0 radical (unpaired) electrons. The van der Waals surface area contributed by atoms with E-state index in [1.165, 1.54) is 0 Å². The van der Waals surface area contributed by atoms with Gasteiger partial charge in [0.05, 0.1) is 5.75 Å². The van der Waals surface area contributed by atoms with Gasteiger partial charge in [0.2, 0.25) is 15.9 Å². The van der Waals surface area contributed by atoms with E-state index in [2.05, 4.69) is 4.72 Å². The number of nitrogens with one attached hydrogen (secondary N) is 1. The van der Waals surface area contributed by atoms with Crippen molar-refractivity contribution in [3.8, 4) is 0 Å². The Morgan fingerprint density at radius 1 is 1.15 bits per heavy atom. The molecule has 0 atom stereocenters. The number of rotatable bonds is 4. The molecule has 108 valence electrons. The third kappa shape index (κ3) is 3.93. The summed E-state index contributed by atoms with van der Waals surface area (Å²) in [5.74, 6) is -0.815. The van der Waals surface area contributed by atoms with Crippen LogP contribution in [0.2, 0.25) is 0 Å². The Labute approximate surface area is 119 Å². The van der Waals surface area contributed by atoms with E-state index in [9.17, 15) is 13.2 Å². The van der Waals surface area contributed by atoms with Crippen molar-refractivity contribution in [3.05, 3.63) is 47.0 Å². The first-order chi connectivity index (χ1) is 9.35. The van der Waals surface area contributed by atoms with Gasteiger partial charge in [-0.05, 0) is 32.3 Å².